The fourth-order valence-corrected chi connectivity index (χ4v) is 6.28. The van der Waals surface area contributed by atoms with Crippen LogP contribution in [0.5, 0.6) is 11.5 Å². The van der Waals surface area contributed by atoms with Gasteiger partial charge in [-0.05, 0) is 74.7 Å². The van der Waals surface area contributed by atoms with Gasteiger partial charge in [-0.2, -0.15) is 0 Å². The van der Waals surface area contributed by atoms with Crippen molar-refractivity contribution < 1.29 is 9.47 Å². The second-order valence-corrected chi connectivity index (χ2v) is 8.54. The summed E-state index contributed by atoms with van der Waals surface area (Å²) in [6.07, 6.45) is 8.87. The highest BCUT2D eigenvalue weighted by Crippen LogP contribution is 2.61. The van der Waals surface area contributed by atoms with Crippen LogP contribution in [0.2, 0.25) is 0 Å². The number of nitrogens with one attached hydrogen (secondary N) is 1. The molecular formula is C21H31NO2. The summed E-state index contributed by atoms with van der Waals surface area (Å²) < 4.78 is 11.0. The number of benzene rings is 1. The van der Waals surface area contributed by atoms with Crippen molar-refractivity contribution in [3.8, 4) is 11.5 Å². The van der Waals surface area contributed by atoms with Crippen LogP contribution in [0.1, 0.15) is 51.0 Å². The van der Waals surface area contributed by atoms with Gasteiger partial charge in [0.25, 0.3) is 0 Å². The molecule has 3 nitrogen and oxygen atoms in total. The molecule has 4 aliphatic rings. The summed E-state index contributed by atoms with van der Waals surface area (Å²) in [4.78, 5) is 0. The minimum absolute atomic E-state index is 0.543. The largest absolute Gasteiger partial charge is 0.493 e. The van der Waals surface area contributed by atoms with Crippen LogP contribution >= 0.6 is 0 Å². The first kappa shape index (κ1) is 16.3. The third kappa shape index (κ3) is 2.71. The quantitative estimate of drug-likeness (QED) is 0.839. The molecule has 4 aliphatic carbocycles. The maximum atomic E-state index is 5.58. The van der Waals surface area contributed by atoms with Gasteiger partial charge in [0.1, 0.15) is 0 Å². The monoisotopic (exact) mass is 329 g/mol. The Balaban J connectivity index is 1.47. The Morgan fingerprint density at radius 2 is 1.67 bits per heavy atom. The van der Waals surface area contributed by atoms with E-state index in [9.17, 15) is 0 Å². The van der Waals surface area contributed by atoms with Gasteiger partial charge < -0.3 is 14.8 Å². The van der Waals surface area contributed by atoms with Crippen molar-refractivity contribution >= 4 is 0 Å². The van der Waals surface area contributed by atoms with Crippen LogP contribution < -0.4 is 14.8 Å². The van der Waals surface area contributed by atoms with Crippen molar-refractivity contribution in [1.29, 1.82) is 0 Å². The van der Waals surface area contributed by atoms with Crippen LogP contribution in [-0.2, 0) is 6.54 Å². The first-order valence-corrected chi connectivity index (χ1v) is 9.57. The lowest BCUT2D eigenvalue weighted by Gasteiger charge is -2.59. The van der Waals surface area contributed by atoms with Gasteiger partial charge in [0.15, 0.2) is 11.5 Å². The van der Waals surface area contributed by atoms with E-state index in [-0.39, 0.29) is 0 Å². The SMILES string of the molecule is COc1cccc(CNC(C)C23CC4CC(CC(C4)C2)C3)c1OC. The number of methoxy groups -OCH3 is 2. The molecule has 0 aromatic heterocycles. The molecule has 0 amide bonds. The van der Waals surface area contributed by atoms with E-state index in [4.69, 9.17) is 9.47 Å². The normalized spacial score (nSPS) is 35.0. The second-order valence-electron chi connectivity index (χ2n) is 8.54. The average molecular weight is 329 g/mol. The van der Waals surface area contributed by atoms with Crippen LogP contribution in [-0.4, -0.2) is 20.3 Å². The summed E-state index contributed by atoms with van der Waals surface area (Å²) >= 11 is 0. The van der Waals surface area contributed by atoms with E-state index >= 15 is 0 Å². The number of para-hydroxylation sites is 1. The van der Waals surface area contributed by atoms with E-state index in [0.717, 1.165) is 35.8 Å². The van der Waals surface area contributed by atoms with Gasteiger partial charge in [-0.3, -0.25) is 0 Å². The molecule has 4 bridgehead atoms. The fraction of sp³-hybridized carbons (Fsp3) is 0.714. The third-order valence-corrected chi connectivity index (χ3v) is 7.09. The standard InChI is InChI=1S/C21H31NO2/c1-14(21-10-15-7-16(11-21)9-17(8-15)12-21)22-13-18-5-4-6-19(23-2)20(18)24-3/h4-6,14-17,22H,7-13H2,1-3H3. The van der Waals surface area contributed by atoms with Crippen molar-refractivity contribution in [1.82, 2.24) is 5.32 Å². The highest BCUT2D eigenvalue weighted by molar-refractivity contribution is 5.46. The highest BCUT2D eigenvalue weighted by atomic mass is 16.5. The van der Waals surface area contributed by atoms with Crippen LogP contribution in [0.25, 0.3) is 0 Å². The lowest BCUT2D eigenvalue weighted by atomic mass is 9.48. The van der Waals surface area contributed by atoms with Crippen LogP contribution in [0.15, 0.2) is 18.2 Å². The van der Waals surface area contributed by atoms with E-state index in [0.29, 0.717) is 11.5 Å². The minimum atomic E-state index is 0.543. The van der Waals surface area contributed by atoms with Crippen molar-refractivity contribution in [2.45, 2.75) is 58.0 Å². The van der Waals surface area contributed by atoms with Crippen molar-refractivity contribution in [3.05, 3.63) is 23.8 Å². The predicted octanol–water partition coefficient (Wildman–Crippen LogP) is 4.40. The maximum Gasteiger partial charge on any atom is 0.165 e. The van der Waals surface area contributed by atoms with E-state index in [2.05, 4.69) is 18.3 Å². The molecule has 1 atom stereocenters. The molecule has 0 heterocycles. The molecule has 1 unspecified atom stereocenters. The predicted molar refractivity (Wildman–Crippen MR) is 96.5 cm³/mol. The van der Waals surface area contributed by atoms with Gasteiger partial charge in [0.2, 0.25) is 0 Å². The number of hydrogen-bond donors (Lipinski definition) is 1. The van der Waals surface area contributed by atoms with Crippen molar-refractivity contribution in [2.24, 2.45) is 23.2 Å². The van der Waals surface area contributed by atoms with E-state index < -0.39 is 0 Å². The summed E-state index contributed by atoms with van der Waals surface area (Å²) in [6, 6.07) is 6.72. The summed E-state index contributed by atoms with van der Waals surface area (Å²) in [6.45, 7) is 3.27. The van der Waals surface area contributed by atoms with Crippen LogP contribution in [0.3, 0.4) is 0 Å². The Morgan fingerprint density at radius 3 is 2.21 bits per heavy atom. The Morgan fingerprint density at radius 1 is 1.04 bits per heavy atom. The van der Waals surface area contributed by atoms with Crippen LogP contribution in [0, 0.1) is 23.2 Å². The van der Waals surface area contributed by atoms with Gasteiger partial charge in [-0.15, -0.1) is 0 Å². The Bertz CT molecular complexity index is 562. The minimum Gasteiger partial charge on any atom is -0.493 e. The van der Waals surface area contributed by atoms with E-state index in [1.54, 1.807) is 14.2 Å². The Hall–Kier alpha value is -1.22. The molecule has 0 spiro atoms. The molecule has 5 rings (SSSR count). The van der Waals surface area contributed by atoms with Gasteiger partial charge in [0, 0.05) is 18.2 Å². The molecule has 0 saturated heterocycles. The molecule has 24 heavy (non-hydrogen) atoms. The molecule has 1 aromatic carbocycles. The molecule has 3 heteroatoms. The summed E-state index contributed by atoms with van der Waals surface area (Å²) in [7, 11) is 3.43. The molecule has 0 radical (unpaired) electrons. The van der Waals surface area contributed by atoms with E-state index in [1.807, 2.05) is 12.1 Å². The molecule has 4 saturated carbocycles. The maximum absolute atomic E-state index is 5.58. The number of ether oxygens (including phenoxy) is 2. The third-order valence-electron chi connectivity index (χ3n) is 7.09. The van der Waals surface area contributed by atoms with Gasteiger partial charge in [0.05, 0.1) is 14.2 Å². The van der Waals surface area contributed by atoms with Crippen molar-refractivity contribution in [2.75, 3.05) is 14.2 Å². The summed E-state index contributed by atoms with van der Waals surface area (Å²) in [5.74, 6) is 4.70. The van der Waals surface area contributed by atoms with E-state index in [1.165, 1.54) is 44.1 Å². The molecule has 132 valence electrons. The zero-order valence-corrected chi connectivity index (χ0v) is 15.3. The first-order chi connectivity index (χ1) is 11.6. The topological polar surface area (TPSA) is 30.5 Å². The van der Waals surface area contributed by atoms with Crippen LogP contribution in [0.4, 0.5) is 0 Å². The number of rotatable bonds is 6. The number of hydrogen-bond acceptors (Lipinski definition) is 3. The Labute approximate surface area is 146 Å². The highest BCUT2D eigenvalue weighted by Gasteiger charge is 2.52. The van der Waals surface area contributed by atoms with Gasteiger partial charge in [-0.1, -0.05) is 12.1 Å². The molecule has 1 N–H and O–H groups in total. The summed E-state index contributed by atoms with van der Waals surface area (Å²) in [5, 5.41) is 3.85. The molecule has 0 aliphatic heterocycles. The zero-order valence-electron chi connectivity index (χ0n) is 15.3. The summed E-state index contributed by atoms with van der Waals surface area (Å²) in [5.41, 5.74) is 1.73. The lowest BCUT2D eigenvalue weighted by Crippen LogP contribution is -2.54. The van der Waals surface area contributed by atoms with Gasteiger partial charge >= 0.3 is 0 Å². The fourth-order valence-electron chi connectivity index (χ4n) is 6.28. The molecule has 1 aromatic rings. The van der Waals surface area contributed by atoms with Gasteiger partial charge in [-0.25, -0.2) is 0 Å². The second kappa shape index (κ2) is 6.25. The zero-order chi connectivity index (χ0) is 16.7. The Kier molecular flexibility index (Phi) is 4.24. The molecule has 4 fully saturated rings. The smallest absolute Gasteiger partial charge is 0.165 e. The molecular weight excluding hydrogens is 298 g/mol. The first-order valence-electron chi connectivity index (χ1n) is 9.57. The lowest BCUT2D eigenvalue weighted by molar-refractivity contribution is -0.0706. The average Bonchev–Trinajstić information content (AvgIpc) is 2.57. The van der Waals surface area contributed by atoms with Crippen molar-refractivity contribution in [3.63, 3.8) is 0 Å².